The zero-order valence-corrected chi connectivity index (χ0v) is 12.5. The minimum Gasteiger partial charge on any atom is -0.295 e. The summed E-state index contributed by atoms with van der Waals surface area (Å²) in [4.78, 5) is 6.25. The number of rotatable bonds is 4. The van der Waals surface area contributed by atoms with Gasteiger partial charge in [-0.2, -0.15) is 0 Å². The van der Waals surface area contributed by atoms with Crippen LogP contribution in [0.25, 0.3) is 0 Å². The van der Waals surface area contributed by atoms with Gasteiger partial charge in [-0.1, -0.05) is 35.3 Å². The Morgan fingerprint density at radius 2 is 1.84 bits per heavy atom. The molecule has 1 heterocycles. The zero-order chi connectivity index (χ0) is 13.8. The molecule has 4 heteroatoms. The van der Waals surface area contributed by atoms with Crippen LogP contribution in [0.3, 0.4) is 0 Å². The van der Waals surface area contributed by atoms with E-state index < -0.39 is 0 Å². The molecule has 19 heavy (non-hydrogen) atoms. The van der Waals surface area contributed by atoms with Gasteiger partial charge in [0.2, 0.25) is 0 Å². The van der Waals surface area contributed by atoms with Crippen molar-refractivity contribution < 1.29 is 0 Å². The third-order valence-electron chi connectivity index (χ3n) is 3.24. The van der Waals surface area contributed by atoms with Crippen molar-refractivity contribution in [1.82, 2.24) is 9.88 Å². The topological polar surface area (TPSA) is 16.1 Å². The molecule has 1 unspecified atom stereocenters. The second-order valence-corrected chi connectivity index (χ2v) is 5.45. The largest absolute Gasteiger partial charge is 0.295 e. The Bertz CT molecular complexity index is 540. The van der Waals surface area contributed by atoms with Gasteiger partial charge in [0.25, 0.3) is 0 Å². The third-order valence-corrected chi connectivity index (χ3v) is 3.70. The lowest BCUT2D eigenvalue weighted by molar-refractivity contribution is 0.253. The molecule has 1 aromatic heterocycles. The van der Waals surface area contributed by atoms with Gasteiger partial charge in [-0.15, -0.1) is 0 Å². The van der Waals surface area contributed by atoms with E-state index in [-0.39, 0.29) is 0 Å². The SMILES string of the molecule is CC(c1ccc(Cl)cc1)N(C)Cc1ccnc(Cl)c1. The summed E-state index contributed by atoms with van der Waals surface area (Å²) in [6.07, 6.45) is 1.73. The van der Waals surface area contributed by atoms with Crippen molar-refractivity contribution >= 4 is 23.2 Å². The van der Waals surface area contributed by atoms with Crippen LogP contribution in [0.1, 0.15) is 24.1 Å². The smallest absolute Gasteiger partial charge is 0.129 e. The Labute approximate surface area is 124 Å². The van der Waals surface area contributed by atoms with Gasteiger partial charge in [0.15, 0.2) is 0 Å². The molecule has 0 saturated heterocycles. The first-order chi connectivity index (χ1) is 9.06. The molecule has 2 rings (SSSR count). The molecule has 0 aliphatic carbocycles. The van der Waals surface area contributed by atoms with E-state index in [2.05, 4.69) is 36.0 Å². The van der Waals surface area contributed by atoms with Gasteiger partial charge >= 0.3 is 0 Å². The van der Waals surface area contributed by atoms with Crippen LogP contribution in [0, 0.1) is 0 Å². The molecule has 0 aliphatic heterocycles. The Hall–Kier alpha value is -1.09. The average Bonchev–Trinajstić information content (AvgIpc) is 2.39. The van der Waals surface area contributed by atoms with Crippen molar-refractivity contribution in [3.63, 3.8) is 0 Å². The highest BCUT2D eigenvalue weighted by Crippen LogP contribution is 2.22. The Morgan fingerprint density at radius 1 is 1.16 bits per heavy atom. The van der Waals surface area contributed by atoms with Gasteiger partial charge in [-0.05, 0) is 49.4 Å². The number of pyridine rings is 1. The van der Waals surface area contributed by atoms with Crippen molar-refractivity contribution in [2.75, 3.05) is 7.05 Å². The number of hydrogen-bond donors (Lipinski definition) is 0. The van der Waals surface area contributed by atoms with Gasteiger partial charge in [0, 0.05) is 23.8 Å². The van der Waals surface area contributed by atoms with Crippen molar-refractivity contribution in [2.24, 2.45) is 0 Å². The van der Waals surface area contributed by atoms with Crippen molar-refractivity contribution in [2.45, 2.75) is 19.5 Å². The summed E-state index contributed by atoms with van der Waals surface area (Å²) < 4.78 is 0. The molecule has 0 bridgehead atoms. The van der Waals surface area contributed by atoms with E-state index in [1.807, 2.05) is 24.3 Å². The summed E-state index contributed by atoms with van der Waals surface area (Å²) in [5, 5.41) is 1.30. The van der Waals surface area contributed by atoms with Gasteiger partial charge < -0.3 is 0 Å². The maximum absolute atomic E-state index is 5.91. The van der Waals surface area contributed by atoms with Gasteiger partial charge in [0.1, 0.15) is 5.15 Å². The highest BCUT2D eigenvalue weighted by molar-refractivity contribution is 6.30. The summed E-state index contributed by atoms with van der Waals surface area (Å²) in [5.74, 6) is 0. The van der Waals surface area contributed by atoms with Gasteiger partial charge in [-0.25, -0.2) is 4.98 Å². The summed E-state index contributed by atoms with van der Waals surface area (Å²) in [6.45, 7) is 3.00. The molecule has 0 saturated carbocycles. The fourth-order valence-corrected chi connectivity index (χ4v) is 2.28. The summed E-state index contributed by atoms with van der Waals surface area (Å²) in [7, 11) is 2.09. The molecule has 2 nitrogen and oxygen atoms in total. The zero-order valence-electron chi connectivity index (χ0n) is 11.0. The van der Waals surface area contributed by atoms with Crippen LogP contribution in [0.4, 0.5) is 0 Å². The quantitative estimate of drug-likeness (QED) is 0.767. The number of nitrogens with zero attached hydrogens (tertiary/aromatic N) is 2. The molecular formula is C15H16Cl2N2. The summed E-state index contributed by atoms with van der Waals surface area (Å²) >= 11 is 11.8. The molecule has 0 radical (unpaired) electrons. The van der Waals surface area contributed by atoms with Crippen LogP contribution in [-0.4, -0.2) is 16.9 Å². The van der Waals surface area contributed by atoms with Crippen molar-refractivity contribution in [3.8, 4) is 0 Å². The van der Waals surface area contributed by atoms with Crippen molar-refractivity contribution in [3.05, 3.63) is 63.9 Å². The Morgan fingerprint density at radius 3 is 2.47 bits per heavy atom. The Kier molecular flexibility index (Phi) is 4.81. The predicted octanol–water partition coefficient (Wildman–Crippen LogP) is 4.58. The van der Waals surface area contributed by atoms with Gasteiger partial charge in [0.05, 0.1) is 0 Å². The second-order valence-electron chi connectivity index (χ2n) is 4.63. The fraction of sp³-hybridized carbons (Fsp3) is 0.267. The standard InChI is InChI=1S/C15H16Cl2N2/c1-11(13-3-5-14(16)6-4-13)19(2)10-12-7-8-18-15(17)9-12/h3-9,11H,10H2,1-2H3. The number of benzene rings is 1. The lowest BCUT2D eigenvalue weighted by Gasteiger charge is -2.25. The molecule has 0 spiro atoms. The van der Waals surface area contributed by atoms with E-state index in [0.29, 0.717) is 11.2 Å². The van der Waals surface area contributed by atoms with Crippen molar-refractivity contribution in [1.29, 1.82) is 0 Å². The monoisotopic (exact) mass is 294 g/mol. The van der Waals surface area contributed by atoms with Crippen LogP contribution in [0.5, 0.6) is 0 Å². The van der Waals surface area contributed by atoms with Crippen LogP contribution in [0.2, 0.25) is 10.2 Å². The molecule has 0 amide bonds. The Balaban J connectivity index is 2.07. The molecule has 0 aliphatic rings. The maximum Gasteiger partial charge on any atom is 0.129 e. The molecular weight excluding hydrogens is 279 g/mol. The molecule has 0 fully saturated rings. The third kappa shape index (κ3) is 3.93. The van der Waals surface area contributed by atoms with E-state index in [0.717, 1.165) is 17.1 Å². The number of aromatic nitrogens is 1. The van der Waals surface area contributed by atoms with Crippen LogP contribution >= 0.6 is 23.2 Å². The number of halogens is 2. The molecule has 1 atom stereocenters. The average molecular weight is 295 g/mol. The lowest BCUT2D eigenvalue weighted by Crippen LogP contribution is -2.21. The molecule has 1 aromatic carbocycles. The van der Waals surface area contributed by atoms with E-state index in [1.54, 1.807) is 6.20 Å². The second kappa shape index (κ2) is 6.38. The van der Waals surface area contributed by atoms with E-state index in [9.17, 15) is 0 Å². The van der Waals surface area contributed by atoms with E-state index in [4.69, 9.17) is 23.2 Å². The van der Waals surface area contributed by atoms with Gasteiger partial charge in [-0.3, -0.25) is 4.90 Å². The molecule has 2 aromatic rings. The van der Waals surface area contributed by atoms with Crippen LogP contribution in [0.15, 0.2) is 42.6 Å². The van der Waals surface area contributed by atoms with Crippen LogP contribution in [-0.2, 0) is 6.54 Å². The lowest BCUT2D eigenvalue weighted by atomic mass is 10.1. The van der Waals surface area contributed by atoms with E-state index in [1.165, 1.54) is 5.56 Å². The maximum atomic E-state index is 5.91. The minimum atomic E-state index is 0.309. The van der Waals surface area contributed by atoms with E-state index >= 15 is 0 Å². The first-order valence-corrected chi connectivity index (χ1v) is 6.88. The predicted molar refractivity (Wildman–Crippen MR) is 80.6 cm³/mol. The first kappa shape index (κ1) is 14.3. The summed E-state index contributed by atoms with van der Waals surface area (Å²) in [6, 6.07) is 12.1. The first-order valence-electron chi connectivity index (χ1n) is 6.12. The highest BCUT2D eigenvalue weighted by atomic mass is 35.5. The molecule has 100 valence electrons. The highest BCUT2D eigenvalue weighted by Gasteiger charge is 2.12. The number of hydrogen-bond acceptors (Lipinski definition) is 2. The van der Waals surface area contributed by atoms with Crippen LogP contribution < -0.4 is 0 Å². The fourth-order valence-electron chi connectivity index (χ4n) is 1.96. The summed E-state index contributed by atoms with van der Waals surface area (Å²) in [5.41, 5.74) is 2.40. The normalized spacial score (nSPS) is 12.7. The molecule has 0 N–H and O–H groups in total. The minimum absolute atomic E-state index is 0.309.